The van der Waals surface area contributed by atoms with Crippen molar-refractivity contribution < 1.29 is 19.1 Å². The van der Waals surface area contributed by atoms with Crippen molar-refractivity contribution in [1.29, 1.82) is 0 Å². The number of hydrogen-bond donors (Lipinski definition) is 0. The summed E-state index contributed by atoms with van der Waals surface area (Å²) in [6.45, 7) is 0.317. The average Bonchev–Trinajstić information content (AvgIpc) is 2.53. The van der Waals surface area contributed by atoms with Crippen LogP contribution in [0.4, 0.5) is 0 Å². The molecule has 110 valence electrons. The van der Waals surface area contributed by atoms with Crippen molar-refractivity contribution in [2.75, 3.05) is 0 Å². The molecule has 0 saturated carbocycles. The molecule has 0 spiro atoms. The molecule has 0 saturated heterocycles. The molecule has 0 aromatic heterocycles. The number of ether oxygens (including phenoxy) is 2. The standard InChI is InChI=1S/C17H16O4.Ba/c18-16(20-12-14-7-3-1-4-8-14)11-17(19)21-13-15-9-5-2-6-10-15;/h1-10H,11-13H2;. The zero-order chi connectivity index (χ0) is 14.9. The van der Waals surface area contributed by atoms with Gasteiger partial charge in [-0.3, -0.25) is 9.59 Å². The van der Waals surface area contributed by atoms with E-state index in [9.17, 15) is 9.59 Å². The van der Waals surface area contributed by atoms with Crippen LogP contribution in [0.25, 0.3) is 0 Å². The molecule has 0 amide bonds. The Kier molecular flexibility index (Phi) is 9.19. The van der Waals surface area contributed by atoms with Gasteiger partial charge >= 0.3 is 11.9 Å². The van der Waals surface area contributed by atoms with Crippen LogP contribution in [0.1, 0.15) is 17.5 Å². The van der Waals surface area contributed by atoms with Gasteiger partial charge < -0.3 is 9.47 Å². The summed E-state index contributed by atoms with van der Waals surface area (Å²) in [6, 6.07) is 18.6. The predicted octanol–water partition coefficient (Wildman–Crippen LogP) is 2.48. The van der Waals surface area contributed by atoms with Crippen molar-refractivity contribution in [3.8, 4) is 0 Å². The number of rotatable bonds is 6. The first-order chi connectivity index (χ1) is 10.2. The molecule has 0 unspecified atom stereocenters. The molecule has 0 N–H and O–H groups in total. The number of benzene rings is 2. The van der Waals surface area contributed by atoms with Crippen LogP contribution in [0.2, 0.25) is 0 Å². The molecule has 0 aliphatic rings. The van der Waals surface area contributed by atoms with Gasteiger partial charge in [-0.2, -0.15) is 0 Å². The number of hydrogen-bond acceptors (Lipinski definition) is 4. The van der Waals surface area contributed by atoms with Gasteiger partial charge in [0.2, 0.25) is 0 Å². The Labute approximate surface area is 169 Å². The minimum Gasteiger partial charge on any atom is -0.460 e. The van der Waals surface area contributed by atoms with Crippen LogP contribution in [-0.4, -0.2) is 60.8 Å². The molecule has 2 rings (SSSR count). The van der Waals surface area contributed by atoms with Crippen molar-refractivity contribution in [2.24, 2.45) is 0 Å². The van der Waals surface area contributed by atoms with Crippen molar-refractivity contribution >= 4 is 60.8 Å². The molecular formula is C17H16BaO4. The molecule has 22 heavy (non-hydrogen) atoms. The van der Waals surface area contributed by atoms with Crippen molar-refractivity contribution in [3.05, 3.63) is 71.8 Å². The van der Waals surface area contributed by atoms with Gasteiger partial charge in [0, 0.05) is 48.9 Å². The molecule has 2 aromatic rings. The summed E-state index contributed by atoms with van der Waals surface area (Å²) in [4.78, 5) is 23.0. The normalized spacial score (nSPS) is 9.45. The van der Waals surface area contributed by atoms with Gasteiger partial charge in [0.25, 0.3) is 0 Å². The zero-order valence-corrected chi connectivity index (χ0v) is 16.7. The maximum atomic E-state index is 11.5. The fraction of sp³-hybridized carbons (Fsp3) is 0.176. The van der Waals surface area contributed by atoms with E-state index < -0.39 is 11.9 Å². The Morgan fingerprint density at radius 2 is 1.05 bits per heavy atom. The summed E-state index contributed by atoms with van der Waals surface area (Å²) >= 11 is 0. The number of carbonyl (C=O) groups is 2. The maximum absolute atomic E-state index is 11.5. The minimum absolute atomic E-state index is 0. The van der Waals surface area contributed by atoms with E-state index in [1.807, 2.05) is 60.7 Å². The first-order valence-corrected chi connectivity index (χ1v) is 6.63. The maximum Gasteiger partial charge on any atom is 0.317 e. The Morgan fingerprint density at radius 3 is 1.41 bits per heavy atom. The Hall–Kier alpha value is -1.05. The van der Waals surface area contributed by atoms with Crippen molar-refractivity contribution in [2.45, 2.75) is 19.6 Å². The van der Waals surface area contributed by atoms with Crippen LogP contribution >= 0.6 is 0 Å². The summed E-state index contributed by atoms with van der Waals surface area (Å²) in [7, 11) is 0. The molecule has 0 heterocycles. The summed E-state index contributed by atoms with van der Waals surface area (Å²) < 4.78 is 10.0. The van der Waals surface area contributed by atoms with Gasteiger partial charge in [0.1, 0.15) is 19.6 Å². The molecule has 0 atom stereocenters. The third-order valence-electron chi connectivity index (χ3n) is 2.77. The number of esters is 2. The first kappa shape index (κ1) is 19.0. The van der Waals surface area contributed by atoms with Gasteiger partial charge in [-0.05, 0) is 11.1 Å². The molecule has 0 bridgehead atoms. The van der Waals surface area contributed by atoms with Gasteiger partial charge in [0.05, 0.1) is 0 Å². The average molecular weight is 422 g/mol. The summed E-state index contributed by atoms with van der Waals surface area (Å²) in [6.07, 6.45) is -0.375. The van der Waals surface area contributed by atoms with Crippen molar-refractivity contribution in [1.82, 2.24) is 0 Å². The largest absolute Gasteiger partial charge is 0.460 e. The van der Waals surface area contributed by atoms with E-state index in [1.165, 1.54) is 0 Å². The fourth-order valence-electron chi connectivity index (χ4n) is 1.70. The summed E-state index contributed by atoms with van der Waals surface area (Å²) in [5.41, 5.74) is 1.76. The minimum atomic E-state index is -0.586. The Balaban J connectivity index is 0.00000242. The second-order valence-electron chi connectivity index (χ2n) is 4.47. The Morgan fingerprint density at radius 1 is 0.682 bits per heavy atom. The van der Waals surface area contributed by atoms with Crippen LogP contribution in [0, 0.1) is 0 Å². The Bertz CT molecular complexity index is 531. The third kappa shape index (κ3) is 7.29. The van der Waals surface area contributed by atoms with E-state index >= 15 is 0 Å². The van der Waals surface area contributed by atoms with E-state index in [0.717, 1.165) is 11.1 Å². The molecular weight excluding hydrogens is 406 g/mol. The van der Waals surface area contributed by atoms with E-state index in [0.29, 0.717) is 0 Å². The van der Waals surface area contributed by atoms with E-state index in [2.05, 4.69) is 0 Å². The molecule has 2 radical (unpaired) electrons. The second kappa shape index (κ2) is 10.6. The summed E-state index contributed by atoms with van der Waals surface area (Å²) in [5, 5.41) is 0. The van der Waals surface area contributed by atoms with Crippen LogP contribution in [0.3, 0.4) is 0 Å². The topological polar surface area (TPSA) is 52.6 Å². The van der Waals surface area contributed by atoms with Crippen LogP contribution < -0.4 is 0 Å². The van der Waals surface area contributed by atoms with Crippen LogP contribution in [0.5, 0.6) is 0 Å². The van der Waals surface area contributed by atoms with E-state index in [-0.39, 0.29) is 68.5 Å². The molecule has 5 heteroatoms. The monoisotopic (exact) mass is 422 g/mol. The second-order valence-corrected chi connectivity index (χ2v) is 4.47. The van der Waals surface area contributed by atoms with Gasteiger partial charge in [-0.1, -0.05) is 60.7 Å². The third-order valence-corrected chi connectivity index (χ3v) is 2.77. The summed E-state index contributed by atoms with van der Waals surface area (Å²) in [5.74, 6) is -1.17. The first-order valence-electron chi connectivity index (χ1n) is 6.63. The van der Waals surface area contributed by atoms with Crippen molar-refractivity contribution in [3.63, 3.8) is 0 Å². The fourth-order valence-corrected chi connectivity index (χ4v) is 1.70. The van der Waals surface area contributed by atoms with Gasteiger partial charge in [0.15, 0.2) is 0 Å². The molecule has 0 fully saturated rings. The quantitative estimate of drug-likeness (QED) is 0.409. The molecule has 2 aromatic carbocycles. The molecule has 0 aliphatic carbocycles. The zero-order valence-electron chi connectivity index (χ0n) is 12.2. The van der Waals surface area contributed by atoms with Gasteiger partial charge in [-0.15, -0.1) is 0 Å². The van der Waals surface area contributed by atoms with Crippen LogP contribution in [-0.2, 0) is 32.3 Å². The SMILES string of the molecule is O=C(CC(=O)OCc1ccccc1)OCc1ccccc1.[Ba]. The smallest absolute Gasteiger partial charge is 0.317 e. The van der Waals surface area contributed by atoms with Crippen LogP contribution in [0.15, 0.2) is 60.7 Å². The number of carbonyl (C=O) groups excluding carboxylic acids is 2. The van der Waals surface area contributed by atoms with E-state index in [1.54, 1.807) is 0 Å². The molecule has 0 aliphatic heterocycles. The molecule has 4 nitrogen and oxygen atoms in total. The predicted molar refractivity (Wildman–Crippen MR) is 82.8 cm³/mol. The van der Waals surface area contributed by atoms with E-state index in [4.69, 9.17) is 9.47 Å². The van der Waals surface area contributed by atoms with Gasteiger partial charge in [-0.25, -0.2) is 0 Å².